The van der Waals surface area contributed by atoms with E-state index in [0.29, 0.717) is 17.5 Å². The molecule has 2 N–H and O–H groups in total. The van der Waals surface area contributed by atoms with Crippen LogP contribution in [-0.2, 0) is 11.3 Å². The fraction of sp³-hybridized carbons (Fsp3) is 0.500. The minimum Gasteiger partial charge on any atom is -0.354 e. The van der Waals surface area contributed by atoms with E-state index in [1.165, 1.54) is 19.4 Å². The normalized spacial score (nSPS) is 17.8. The van der Waals surface area contributed by atoms with Gasteiger partial charge in [-0.1, -0.05) is 18.2 Å². The standard InChI is InChI=1S/C9H10FNO.C5H11N/c1-7-3-2-4-8(9(7)10)5-11-6-12;1-5-3-2-4-6-5/h2-4,6H,5H2,1H3,(H,11,12);5-6H,2-4H2,1H3. The van der Waals surface area contributed by atoms with Crippen LogP contribution in [0.25, 0.3) is 0 Å². The maximum Gasteiger partial charge on any atom is 0.207 e. The van der Waals surface area contributed by atoms with Crippen molar-refractivity contribution in [2.45, 2.75) is 39.3 Å². The molecule has 0 bridgehead atoms. The number of carbonyl (C=O) groups is 1. The summed E-state index contributed by atoms with van der Waals surface area (Å²) >= 11 is 0. The molecule has 1 saturated heterocycles. The Bertz CT molecular complexity index is 376. The Labute approximate surface area is 108 Å². The zero-order valence-electron chi connectivity index (χ0n) is 11.0. The summed E-state index contributed by atoms with van der Waals surface area (Å²) in [7, 11) is 0. The summed E-state index contributed by atoms with van der Waals surface area (Å²) in [6.45, 7) is 5.41. The molecule has 3 nitrogen and oxygen atoms in total. The molecule has 100 valence electrons. The molecule has 0 aliphatic carbocycles. The van der Waals surface area contributed by atoms with E-state index in [-0.39, 0.29) is 12.4 Å². The average Bonchev–Trinajstić information content (AvgIpc) is 2.83. The van der Waals surface area contributed by atoms with Gasteiger partial charge in [-0.3, -0.25) is 4.79 Å². The van der Waals surface area contributed by atoms with Crippen molar-refractivity contribution in [1.82, 2.24) is 10.6 Å². The lowest BCUT2D eigenvalue weighted by atomic mass is 10.1. The van der Waals surface area contributed by atoms with Crippen LogP contribution in [0.3, 0.4) is 0 Å². The molecule has 2 rings (SSSR count). The largest absolute Gasteiger partial charge is 0.354 e. The molecule has 1 unspecified atom stereocenters. The third-order valence-corrected chi connectivity index (χ3v) is 2.95. The van der Waals surface area contributed by atoms with Gasteiger partial charge in [0.2, 0.25) is 6.41 Å². The van der Waals surface area contributed by atoms with Crippen LogP contribution in [0.2, 0.25) is 0 Å². The summed E-state index contributed by atoms with van der Waals surface area (Å²) < 4.78 is 13.2. The summed E-state index contributed by atoms with van der Waals surface area (Å²) in [5.74, 6) is -0.244. The monoisotopic (exact) mass is 252 g/mol. The fourth-order valence-electron chi connectivity index (χ4n) is 1.86. The van der Waals surface area contributed by atoms with Crippen molar-refractivity contribution in [3.05, 3.63) is 35.1 Å². The predicted molar refractivity (Wildman–Crippen MR) is 70.7 cm³/mol. The Kier molecular flexibility index (Phi) is 6.36. The van der Waals surface area contributed by atoms with Gasteiger partial charge in [0.25, 0.3) is 0 Å². The number of hydrogen-bond donors (Lipinski definition) is 2. The van der Waals surface area contributed by atoms with Crippen LogP contribution in [-0.4, -0.2) is 19.0 Å². The van der Waals surface area contributed by atoms with Gasteiger partial charge in [0.1, 0.15) is 5.82 Å². The second-order valence-electron chi connectivity index (χ2n) is 4.54. The van der Waals surface area contributed by atoms with E-state index in [0.717, 1.165) is 6.04 Å². The molecule has 0 saturated carbocycles. The number of nitrogens with one attached hydrogen (secondary N) is 2. The van der Waals surface area contributed by atoms with Crippen molar-refractivity contribution in [3.8, 4) is 0 Å². The van der Waals surface area contributed by atoms with E-state index in [9.17, 15) is 9.18 Å². The third kappa shape index (κ3) is 4.84. The van der Waals surface area contributed by atoms with Gasteiger partial charge in [-0.05, 0) is 38.8 Å². The highest BCUT2D eigenvalue weighted by Gasteiger charge is 2.05. The molecule has 1 heterocycles. The topological polar surface area (TPSA) is 41.1 Å². The van der Waals surface area contributed by atoms with Gasteiger partial charge in [-0.2, -0.15) is 0 Å². The number of aryl methyl sites for hydroxylation is 1. The van der Waals surface area contributed by atoms with Gasteiger partial charge in [-0.15, -0.1) is 0 Å². The molecule has 1 aliphatic rings. The minimum atomic E-state index is -0.244. The summed E-state index contributed by atoms with van der Waals surface area (Å²) in [6.07, 6.45) is 3.31. The van der Waals surface area contributed by atoms with Crippen LogP contribution in [0.15, 0.2) is 18.2 Å². The number of carbonyl (C=O) groups excluding carboxylic acids is 1. The highest BCUT2D eigenvalue weighted by molar-refractivity contribution is 5.46. The van der Waals surface area contributed by atoms with Crippen LogP contribution in [0, 0.1) is 12.7 Å². The number of halogens is 1. The Balaban J connectivity index is 0.000000225. The SMILES string of the molecule is CC1CCCN1.Cc1cccc(CNC=O)c1F. The van der Waals surface area contributed by atoms with E-state index in [1.807, 2.05) is 0 Å². The maximum absolute atomic E-state index is 13.2. The first-order valence-electron chi connectivity index (χ1n) is 6.29. The van der Waals surface area contributed by atoms with Gasteiger partial charge in [0.15, 0.2) is 0 Å². The summed E-state index contributed by atoms with van der Waals surface area (Å²) in [5.41, 5.74) is 1.11. The molecule has 1 atom stereocenters. The van der Waals surface area contributed by atoms with Crippen molar-refractivity contribution in [1.29, 1.82) is 0 Å². The van der Waals surface area contributed by atoms with Gasteiger partial charge in [0, 0.05) is 18.2 Å². The number of rotatable bonds is 3. The van der Waals surface area contributed by atoms with E-state index in [4.69, 9.17) is 0 Å². The molecular weight excluding hydrogens is 231 g/mol. The Morgan fingerprint density at radius 2 is 2.33 bits per heavy atom. The lowest BCUT2D eigenvalue weighted by Gasteiger charge is -2.03. The van der Waals surface area contributed by atoms with Gasteiger partial charge in [0.05, 0.1) is 0 Å². The second kappa shape index (κ2) is 7.82. The zero-order chi connectivity index (χ0) is 13.4. The number of hydrogen-bond acceptors (Lipinski definition) is 2. The first kappa shape index (κ1) is 14.6. The molecule has 0 spiro atoms. The van der Waals surface area contributed by atoms with Crippen LogP contribution >= 0.6 is 0 Å². The van der Waals surface area contributed by atoms with Crippen LogP contribution in [0.1, 0.15) is 30.9 Å². The molecular formula is C14H21FN2O. The van der Waals surface area contributed by atoms with E-state index in [2.05, 4.69) is 17.6 Å². The number of amides is 1. The quantitative estimate of drug-likeness (QED) is 0.809. The summed E-state index contributed by atoms with van der Waals surface area (Å²) in [6, 6.07) is 5.91. The number of benzene rings is 1. The van der Waals surface area contributed by atoms with Crippen molar-refractivity contribution >= 4 is 6.41 Å². The predicted octanol–water partition coefficient (Wildman–Crippen LogP) is 2.14. The summed E-state index contributed by atoms with van der Waals surface area (Å²) in [5, 5.41) is 5.73. The smallest absolute Gasteiger partial charge is 0.207 e. The Hall–Kier alpha value is -1.42. The molecule has 1 aliphatic heterocycles. The van der Waals surface area contributed by atoms with Crippen molar-refractivity contribution in [2.75, 3.05) is 6.54 Å². The van der Waals surface area contributed by atoms with E-state index >= 15 is 0 Å². The summed E-state index contributed by atoms with van der Waals surface area (Å²) in [4.78, 5) is 9.94. The minimum absolute atomic E-state index is 0.244. The van der Waals surface area contributed by atoms with Crippen molar-refractivity contribution in [2.24, 2.45) is 0 Å². The van der Waals surface area contributed by atoms with Crippen molar-refractivity contribution in [3.63, 3.8) is 0 Å². The van der Waals surface area contributed by atoms with Crippen LogP contribution < -0.4 is 10.6 Å². The highest BCUT2D eigenvalue weighted by atomic mass is 19.1. The molecule has 1 fully saturated rings. The van der Waals surface area contributed by atoms with Gasteiger partial charge in [-0.25, -0.2) is 4.39 Å². The Morgan fingerprint density at radius 3 is 2.83 bits per heavy atom. The maximum atomic E-state index is 13.2. The molecule has 1 aromatic rings. The first-order chi connectivity index (χ1) is 8.65. The zero-order valence-corrected chi connectivity index (χ0v) is 11.0. The third-order valence-electron chi connectivity index (χ3n) is 2.95. The lowest BCUT2D eigenvalue weighted by molar-refractivity contribution is -0.109. The first-order valence-corrected chi connectivity index (χ1v) is 6.29. The van der Waals surface area contributed by atoms with Gasteiger partial charge >= 0.3 is 0 Å². The van der Waals surface area contributed by atoms with E-state index < -0.39 is 0 Å². The molecule has 18 heavy (non-hydrogen) atoms. The van der Waals surface area contributed by atoms with Crippen LogP contribution in [0.5, 0.6) is 0 Å². The van der Waals surface area contributed by atoms with Crippen molar-refractivity contribution < 1.29 is 9.18 Å². The fourth-order valence-corrected chi connectivity index (χ4v) is 1.86. The molecule has 1 aromatic carbocycles. The van der Waals surface area contributed by atoms with E-state index in [1.54, 1.807) is 25.1 Å². The second-order valence-corrected chi connectivity index (χ2v) is 4.54. The van der Waals surface area contributed by atoms with Gasteiger partial charge < -0.3 is 10.6 Å². The average molecular weight is 252 g/mol. The molecule has 0 radical (unpaired) electrons. The highest BCUT2D eigenvalue weighted by Crippen LogP contribution is 2.10. The van der Waals surface area contributed by atoms with Crippen LogP contribution in [0.4, 0.5) is 4.39 Å². The molecule has 4 heteroatoms. The molecule has 0 aromatic heterocycles. The lowest BCUT2D eigenvalue weighted by Crippen LogP contribution is -2.16. The Morgan fingerprint density at radius 1 is 1.56 bits per heavy atom. The molecule has 1 amide bonds.